The smallest absolute Gasteiger partial charge is 0.227 e. The molecule has 20 heavy (non-hydrogen) atoms. The molecule has 0 amide bonds. The average molecular weight is 274 g/mol. The van der Waals surface area contributed by atoms with Crippen molar-refractivity contribution < 1.29 is 0 Å². The lowest BCUT2D eigenvalue weighted by molar-refractivity contribution is 0.565. The Kier molecular flexibility index (Phi) is 4.38. The number of nitrogens with one attached hydrogen (secondary N) is 1. The zero-order valence-electron chi connectivity index (χ0n) is 12.6. The van der Waals surface area contributed by atoms with Crippen LogP contribution in [-0.4, -0.2) is 29.6 Å². The Balaban J connectivity index is 1.86. The van der Waals surface area contributed by atoms with Gasteiger partial charge in [0.25, 0.3) is 0 Å². The van der Waals surface area contributed by atoms with Crippen LogP contribution in [0.25, 0.3) is 0 Å². The van der Waals surface area contributed by atoms with Crippen molar-refractivity contribution >= 4 is 11.8 Å². The Morgan fingerprint density at radius 3 is 2.55 bits per heavy atom. The second kappa shape index (κ2) is 6.42. The number of rotatable bonds is 4. The molecule has 1 aromatic heterocycles. The fraction of sp³-hybridized carbons (Fsp3) is 0.750. The highest BCUT2D eigenvalue weighted by Gasteiger charge is 2.22. The molecular formula is C16H26N4. The molecule has 110 valence electrons. The third-order valence-corrected chi connectivity index (χ3v) is 4.50. The molecule has 2 heterocycles. The second-order valence-electron chi connectivity index (χ2n) is 6.04. The van der Waals surface area contributed by atoms with Crippen LogP contribution >= 0.6 is 0 Å². The summed E-state index contributed by atoms with van der Waals surface area (Å²) in [6.45, 7) is 5.26. The molecule has 1 saturated carbocycles. The Morgan fingerprint density at radius 2 is 1.85 bits per heavy atom. The number of aromatic nitrogens is 2. The molecule has 0 bridgehead atoms. The van der Waals surface area contributed by atoms with Gasteiger partial charge < -0.3 is 10.2 Å². The summed E-state index contributed by atoms with van der Waals surface area (Å²) in [5, 5.41) is 3.37. The topological polar surface area (TPSA) is 41.1 Å². The standard InChI is InChI=1S/C16H26N4/c1-2-17-15-12-14(13-8-4-5-9-13)18-16(19-15)20-10-6-3-7-11-20/h12-13H,2-11H2,1H3,(H,17,18,19). The van der Waals surface area contributed by atoms with E-state index in [4.69, 9.17) is 9.97 Å². The molecule has 0 atom stereocenters. The van der Waals surface area contributed by atoms with Crippen molar-refractivity contribution in [2.24, 2.45) is 0 Å². The Labute approximate surface area is 122 Å². The van der Waals surface area contributed by atoms with E-state index >= 15 is 0 Å². The molecule has 0 spiro atoms. The maximum absolute atomic E-state index is 4.90. The van der Waals surface area contributed by atoms with E-state index in [1.807, 2.05) is 0 Å². The lowest BCUT2D eigenvalue weighted by atomic mass is 10.0. The highest BCUT2D eigenvalue weighted by molar-refractivity contribution is 5.45. The molecule has 0 unspecified atom stereocenters. The first-order valence-electron chi connectivity index (χ1n) is 8.24. The molecule has 1 aromatic rings. The maximum Gasteiger partial charge on any atom is 0.227 e. The number of hydrogen-bond acceptors (Lipinski definition) is 4. The van der Waals surface area contributed by atoms with E-state index in [9.17, 15) is 0 Å². The first kappa shape index (κ1) is 13.7. The lowest BCUT2D eigenvalue weighted by Gasteiger charge is -2.27. The van der Waals surface area contributed by atoms with E-state index in [1.54, 1.807) is 0 Å². The predicted octanol–water partition coefficient (Wildman–Crippen LogP) is 3.56. The summed E-state index contributed by atoms with van der Waals surface area (Å²) >= 11 is 0. The van der Waals surface area contributed by atoms with Crippen LogP contribution < -0.4 is 10.2 Å². The van der Waals surface area contributed by atoms with Gasteiger partial charge in [-0.15, -0.1) is 0 Å². The predicted molar refractivity (Wildman–Crippen MR) is 83.5 cm³/mol. The van der Waals surface area contributed by atoms with E-state index in [2.05, 4.69) is 23.2 Å². The van der Waals surface area contributed by atoms with Crippen LogP contribution in [-0.2, 0) is 0 Å². The van der Waals surface area contributed by atoms with Gasteiger partial charge in [0.05, 0.1) is 5.69 Å². The molecule has 1 N–H and O–H groups in total. The van der Waals surface area contributed by atoms with Crippen molar-refractivity contribution in [2.75, 3.05) is 29.9 Å². The van der Waals surface area contributed by atoms with Gasteiger partial charge in [-0.2, -0.15) is 4.98 Å². The van der Waals surface area contributed by atoms with Crippen LogP contribution in [0, 0.1) is 0 Å². The third kappa shape index (κ3) is 3.05. The Hall–Kier alpha value is -1.32. The van der Waals surface area contributed by atoms with Crippen LogP contribution in [0.4, 0.5) is 11.8 Å². The fourth-order valence-electron chi connectivity index (χ4n) is 3.39. The third-order valence-electron chi connectivity index (χ3n) is 4.50. The van der Waals surface area contributed by atoms with Gasteiger partial charge in [-0.3, -0.25) is 0 Å². The molecule has 2 aliphatic rings. The van der Waals surface area contributed by atoms with Crippen LogP contribution in [0.5, 0.6) is 0 Å². The lowest BCUT2D eigenvalue weighted by Crippen LogP contribution is -2.31. The molecule has 3 rings (SSSR count). The minimum Gasteiger partial charge on any atom is -0.370 e. The van der Waals surface area contributed by atoms with E-state index < -0.39 is 0 Å². The van der Waals surface area contributed by atoms with Gasteiger partial charge in [0.1, 0.15) is 5.82 Å². The summed E-state index contributed by atoms with van der Waals surface area (Å²) in [4.78, 5) is 12.0. The van der Waals surface area contributed by atoms with Gasteiger partial charge in [-0.1, -0.05) is 12.8 Å². The zero-order chi connectivity index (χ0) is 13.8. The van der Waals surface area contributed by atoms with Crippen molar-refractivity contribution in [3.63, 3.8) is 0 Å². The highest BCUT2D eigenvalue weighted by Crippen LogP contribution is 2.34. The summed E-state index contributed by atoms with van der Waals surface area (Å²) in [7, 11) is 0. The summed E-state index contributed by atoms with van der Waals surface area (Å²) in [5.74, 6) is 2.61. The average Bonchev–Trinajstić information content (AvgIpc) is 3.02. The monoisotopic (exact) mass is 274 g/mol. The molecule has 1 saturated heterocycles. The van der Waals surface area contributed by atoms with Crippen molar-refractivity contribution in [3.8, 4) is 0 Å². The molecular weight excluding hydrogens is 248 g/mol. The second-order valence-corrected chi connectivity index (χ2v) is 6.04. The van der Waals surface area contributed by atoms with Gasteiger partial charge in [0.2, 0.25) is 5.95 Å². The molecule has 2 fully saturated rings. The Morgan fingerprint density at radius 1 is 1.10 bits per heavy atom. The molecule has 4 heteroatoms. The summed E-state index contributed by atoms with van der Waals surface area (Å²) in [6, 6.07) is 2.17. The van der Waals surface area contributed by atoms with Crippen LogP contribution in [0.3, 0.4) is 0 Å². The summed E-state index contributed by atoms with van der Waals surface area (Å²) in [5.41, 5.74) is 1.26. The van der Waals surface area contributed by atoms with Crippen molar-refractivity contribution in [1.82, 2.24) is 9.97 Å². The van der Waals surface area contributed by atoms with E-state index in [-0.39, 0.29) is 0 Å². The van der Waals surface area contributed by atoms with Crippen LogP contribution in [0.15, 0.2) is 6.07 Å². The minimum atomic E-state index is 0.652. The van der Waals surface area contributed by atoms with Crippen molar-refractivity contribution in [1.29, 1.82) is 0 Å². The number of piperidine rings is 1. The molecule has 4 nitrogen and oxygen atoms in total. The van der Waals surface area contributed by atoms with Gasteiger partial charge in [-0.05, 0) is 39.0 Å². The van der Waals surface area contributed by atoms with Gasteiger partial charge in [0, 0.05) is 31.6 Å². The van der Waals surface area contributed by atoms with Crippen LogP contribution in [0.1, 0.15) is 63.5 Å². The first-order valence-corrected chi connectivity index (χ1v) is 8.24. The van der Waals surface area contributed by atoms with E-state index in [1.165, 1.54) is 50.6 Å². The molecule has 0 radical (unpaired) electrons. The highest BCUT2D eigenvalue weighted by atomic mass is 15.3. The quantitative estimate of drug-likeness (QED) is 0.911. The summed E-state index contributed by atoms with van der Waals surface area (Å²) < 4.78 is 0. The SMILES string of the molecule is CCNc1cc(C2CCCC2)nc(N2CCCCC2)n1. The maximum atomic E-state index is 4.90. The number of hydrogen-bond donors (Lipinski definition) is 1. The normalized spacial score (nSPS) is 20.4. The zero-order valence-corrected chi connectivity index (χ0v) is 12.6. The molecule has 1 aliphatic heterocycles. The fourth-order valence-corrected chi connectivity index (χ4v) is 3.39. The van der Waals surface area contributed by atoms with E-state index in [0.29, 0.717) is 5.92 Å². The first-order chi connectivity index (χ1) is 9.86. The minimum absolute atomic E-state index is 0.652. The molecule has 0 aromatic carbocycles. The van der Waals surface area contributed by atoms with E-state index in [0.717, 1.165) is 31.4 Å². The van der Waals surface area contributed by atoms with Gasteiger partial charge in [0.15, 0.2) is 0 Å². The largest absolute Gasteiger partial charge is 0.370 e. The number of nitrogens with zero attached hydrogens (tertiary/aromatic N) is 3. The summed E-state index contributed by atoms with van der Waals surface area (Å²) in [6.07, 6.45) is 9.18. The molecule has 1 aliphatic carbocycles. The van der Waals surface area contributed by atoms with Crippen molar-refractivity contribution in [3.05, 3.63) is 11.8 Å². The van der Waals surface area contributed by atoms with Crippen LogP contribution in [0.2, 0.25) is 0 Å². The van der Waals surface area contributed by atoms with Gasteiger partial charge >= 0.3 is 0 Å². The van der Waals surface area contributed by atoms with Crippen molar-refractivity contribution in [2.45, 2.75) is 57.8 Å². The Bertz CT molecular complexity index is 434. The number of anilines is 2. The van der Waals surface area contributed by atoms with Gasteiger partial charge in [-0.25, -0.2) is 4.98 Å².